The van der Waals surface area contributed by atoms with Gasteiger partial charge in [0.2, 0.25) is 5.12 Å². The highest BCUT2D eigenvalue weighted by atomic mass is 32.7. The van der Waals surface area contributed by atoms with Gasteiger partial charge in [-0.05, 0) is 34.1 Å². The monoisotopic (exact) mass is 352 g/mol. The zero-order valence-corrected chi connectivity index (χ0v) is 15.0. The maximum Gasteiger partial charge on any atom is 0.227 e. The van der Waals surface area contributed by atoms with Crippen molar-refractivity contribution < 1.29 is 9.53 Å². The van der Waals surface area contributed by atoms with Crippen molar-refractivity contribution in [1.29, 1.82) is 0 Å². The minimum atomic E-state index is -0.820. The molecular formula is C20H17O2PS. The lowest BCUT2D eigenvalue weighted by atomic mass is 10.2. The summed E-state index contributed by atoms with van der Waals surface area (Å²) in [7, 11) is 0.772. The summed E-state index contributed by atoms with van der Waals surface area (Å²) in [5.74, 6) is 0.617. The van der Waals surface area contributed by atoms with Crippen LogP contribution in [0.4, 0.5) is 0 Å². The highest BCUT2D eigenvalue weighted by molar-refractivity contribution is 8.67. The second-order valence-electron chi connectivity index (χ2n) is 5.04. The Hall–Kier alpha value is -2.09. The molecule has 0 unspecified atom stereocenters. The summed E-state index contributed by atoms with van der Waals surface area (Å²) in [5, 5.41) is 2.38. The molecule has 0 amide bonds. The van der Waals surface area contributed by atoms with E-state index in [0.29, 0.717) is 11.3 Å². The Kier molecular flexibility index (Phi) is 5.68. The largest absolute Gasteiger partial charge is 0.496 e. The first-order valence-corrected chi connectivity index (χ1v) is 10.3. The molecule has 0 aliphatic rings. The molecule has 0 aliphatic carbocycles. The molecule has 0 radical (unpaired) electrons. The smallest absolute Gasteiger partial charge is 0.227 e. The predicted octanol–water partition coefficient (Wildman–Crippen LogP) is 4.62. The van der Waals surface area contributed by atoms with E-state index in [1.807, 2.05) is 60.7 Å². The molecule has 3 aromatic rings. The third-order valence-corrected chi connectivity index (χ3v) is 7.90. The summed E-state index contributed by atoms with van der Waals surface area (Å²) in [6, 6.07) is 27.8. The molecular weight excluding hydrogens is 335 g/mol. The van der Waals surface area contributed by atoms with Crippen LogP contribution in [0.15, 0.2) is 84.9 Å². The molecule has 120 valence electrons. The van der Waals surface area contributed by atoms with Crippen molar-refractivity contribution in [1.82, 2.24) is 0 Å². The number of hydrogen-bond donors (Lipinski definition) is 0. The molecule has 0 saturated heterocycles. The number of carbonyl (C=O) groups excluding carboxylic acids is 1. The Morgan fingerprint density at radius 1 is 0.792 bits per heavy atom. The maximum atomic E-state index is 12.9. The lowest BCUT2D eigenvalue weighted by Gasteiger charge is -2.17. The summed E-state index contributed by atoms with van der Waals surface area (Å²) in [4.78, 5) is 12.9. The summed E-state index contributed by atoms with van der Waals surface area (Å²) in [5.41, 5.74) is 0.615. The molecule has 0 aromatic heterocycles. The van der Waals surface area contributed by atoms with Gasteiger partial charge in [-0.2, -0.15) is 0 Å². The normalized spacial score (nSPS) is 10.6. The number of methoxy groups -OCH3 is 1. The number of ether oxygens (including phenoxy) is 1. The van der Waals surface area contributed by atoms with Gasteiger partial charge in [0.1, 0.15) is 5.75 Å². The standard InChI is InChI=1S/C20H17O2PS/c1-22-19-15-9-8-14-18(19)20(21)24-23(16-10-4-2-5-11-16)17-12-6-3-7-13-17/h2-15H,1H3. The van der Waals surface area contributed by atoms with E-state index in [1.54, 1.807) is 7.11 Å². The van der Waals surface area contributed by atoms with Crippen LogP contribution in [0.3, 0.4) is 0 Å². The average molecular weight is 352 g/mol. The topological polar surface area (TPSA) is 26.3 Å². The van der Waals surface area contributed by atoms with E-state index in [0.717, 1.165) is 0 Å². The number of rotatable bonds is 5. The molecule has 3 rings (SSSR count). The number of benzene rings is 3. The van der Waals surface area contributed by atoms with Crippen molar-refractivity contribution in [3.8, 4) is 5.75 Å². The van der Waals surface area contributed by atoms with Crippen molar-refractivity contribution in [3.05, 3.63) is 90.5 Å². The van der Waals surface area contributed by atoms with Crippen LogP contribution >= 0.6 is 18.5 Å². The first-order valence-electron chi connectivity index (χ1n) is 7.55. The lowest BCUT2D eigenvalue weighted by molar-refractivity contribution is 0.108. The van der Waals surface area contributed by atoms with E-state index < -0.39 is 7.12 Å². The Bertz CT molecular complexity index is 767. The van der Waals surface area contributed by atoms with Crippen LogP contribution in [0.25, 0.3) is 0 Å². The minimum Gasteiger partial charge on any atom is -0.496 e. The van der Waals surface area contributed by atoms with Crippen molar-refractivity contribution in [2.75, 3.05) is 7.11 Å². The van der Waals surface area contributed by atoms with E-state index in [1.165, 1.54) is 22.0 Å². The van der Waals surface area contributed by atoms with E-state index in [4.69, 9.17) is 4.74 Å². The van der Waals surface area contributed by atoms with Crippen LogP contribution in [0.5, 0.6) is 5.75 Å². The Balaban J connectivity index is 1.94. The van der Waals surface area contributed by atoms with Crippen LogP contribution in [0.2, 0.25) is 0 Å². The average Bonchev–Trinajstić information content (AvgIpc) is 2.67. The van der Waals surface area contributed by atoms with E-state index >= 15 is 0 Å². The van der Waals surface area contributed by atoms with Gasteiger partial charge in [-0.25, -0.2) is 0 Å². The lowest BCUT2D eigenvalue weighted by Crippen LogP contribution is -2.11. The number of hydrogen-bond acceptors (Lipinski definition) is 3. The molecule has 0 N–H and O–H groups in total. The molecule has 0 aliphatic heterocycles. The van der Waals surface area contributed by atoms with Gasteiger partial charge in [-0.1, -0.05) is 72.8 Å². The van der Waals surface area contributed by atoms with Crippen molar-refractivity contribution in [3.63, 3.8) is 0 Å². The molecule has 0 atom stereocenters. The van der Waals surface area contributed by atoms with Crippen LogP contribution in [0.1, 0.15) is 10.4 Å². The molecule has 0 spiro atoms. The quantitative estimate of drug-likeness (QED) is 0.627. The first-order chi connectivity index (χ1) is 11.8. The maximum absolute atomic E-state index is 12.9. The number of carbonyl (C=O) groups is 1. The second kappa shape index (κ2) is 8.14. The number of para-hydroxylation sites is 1. The van der Waals surface area contributed by atoms with Gasteiger partial charge >= 0.3 is 0 Å². The van der Waals surface area contributed by atoms with Gasteiger partial charge in [0.05, 0.1) is 12.7 Å². The van der Waals surface area contributed by atoms with Crippen molar-refractivity contribution >= 4 is 34.2 Å². The first kappa shape index (κ1) is 16.8. The van der Waals surface area contributed by atoms with Crippen LogP contribution in [0, 0.1) is 0 Å². The molecule has 0 heterocycles. The van der Waals surface area contributed by atoms with Gasteiger partial charge in [-0.3, -0.25) is 4.79 Å². The van der Waals surface area contributed by atoms with Gasteiger partial charge in [-0.15, -0.1) is 0 Å². The summed E-state index contributed by atoms with van der Waals surface area (Å²) >= 11 is 1.38. The highest BCUT2D eigenvalue weighted by Gasteiger charge is 2.21. The molecule has 0 fully saturated rings. The molecule has 3 aromatic carbocycles. The second-order valence-corrected chi connectivity index (χ2v) is 8.86. The molecule has 0 bridgehead atoms. The Morgan fingerprint density at radius 2 is 1.29 bits per heavy atom. The molecule has 0 saturated carbocycles. The summed E-state index contributed by atoms with van der Waals surface area (Å²) in [6.07, 6.45) is 0. The van der Waals surface area contributed by atoms with Crippen molar-refractivity contribution in [2.45, 2.75) is 0 Å². The fourth-order valence-corrected chi connectivity index (χ4v) is 6.31. The van der Waals surface area contributed by atoms with E-state index in [2.05, 4.69) is 24.3 Å². The van der Waals surface area contributed by atoms with E-state index in [9.17, 15) is 4.79 Å². The van der Waals surface area contributed by atoms with Crippen LogP contribution in [-0.2, 0) is 0 Å². The van der Waals surface area contributed by atoms with Crippen LogP contribution < -0.4 is 15.3 Å². The zero-order valence-electron chi connectivity index (χ0n) is 13.3. The zero-order chi connectivity index (χ0) is 16.8. The minimum absolute atomic E-state index is 0.0336. The van der Waals surface area contributed by atoms with Gasteiger partial charge < -0.3 is 4.74 Å². The Morgan fingerprint density at radius 3 is 1.83 bits per heavy atom. The van der Waals surface area contributed by atoms with Gasteiger partial charge in [0.25, 0.3) is 0 Å². The third-order valence-electron chi connectivity index (χ3n) is 3.48. The van der Waals surface area contributed by atoms with Crippen molar-refractivity contribution in [2.24, 2.45) is 0 Å². The van der Waals surface area contributed by atoms with Crippen LogP contribution in [-0.4, -0.2) is 12.2 Å². The molecule has 24 heavy (non-hydrogen) atoms. The fourth-order valence-electron chi connectivity index (χ4n) is 2.33. The molecule has 4 heteroatoms. The van der Waals surface area contributed by atoms with Gasteiger partial charge in [0, 0.05) is 7.12 Å². The van der Waals surface area contributed by atoms with E-state index in [-0.39, 0.29) is 5.12 Å². The fraction of sp³-hybridized carbons (Fsp3) is 0.0500. The third kappa shape index (κ3) is 3.87. The SMILES string of the molecule is COc1ccccc1C(=O)SP(c1ccccc1)c1ccccc1. The van der Waals surface area contributed by atoms with Gasteiger partial charge in [0.15, 0.2) is 0 Å². The Labute approximate surface area is 147 Å². The molecule has 2 nitrogen and oxygen atoms in total. The summed E-state index contributed by atoms with van der Waals surface area (Å²) < 4.78 is 5.33. The summed E-state index contributed by atoms with van der Waals surface area (Å²) in [6.45, 7) is 0. The highest BCUT2D eigenvalue weighted by Crippen LogP contribution is 2.49. The predicted molar refractivity (Wildman–Crippen MR) is 104 cm³/mol.